The molecule has 178 valence electrons. The van der Waals surface area contributed by atoms with Gasteiger partial charge in [0, 0.05) is 16.9 Å². The van der Waals surface area contributed by atoms with Crippen LogP contribution >= 0.6 is 0 Å². The zero-order chi connectivity index (χ0) is 24.5. The number of nitrogens with zero attached hydrogens (tertiary/aromatic N) is 4. The highest BCUT2D eigenvalue weighted by Gasteiger charge is 2.14. The molecule has 10 nitrogen and oxygen atoms in total. The Hall–Kier alpha value is -4.86. The van der Waals surface area contributed by atoms with Crippen LogP contribution in [-0.2, 0) is 0 Å². The molecule has 0 fully saturated rings. The third kappa shape index (κ3) is 5.93. The maximum atomic E-state index is 5.50. The van der Waals surface area contributed by atoms with Gasteiger partial charge in [0.1, 0.15) is 0 Å². The Morgan fingerprint density at radius 2 is 1.17 bits per heavy atom. The number of rotatable bonds is 10. The molecule has 0 unspecified atom stereocenters. The molecule has 35 heavy (non-hydrogen) atoms. The van der Waals surface area contributed by atoms with Crippen molar-refractivity contribution in [1.82, 2.24) is 15.0 Å². The summed E-state index contributed by atoms with van der Waals surface area (Å²) in [6.45, 7) is 0. The maximum Gasteiger partial charge on any atom is 0.250 e. The Morgan fingerprint density at radius 1 is 0.629 bits per heavy atom. The minimum Gasteiger partial charge on any atom is -0.493 e. The van der Waals surface area contributed by atoms with E-state index in [0.717, 1.165) is 11.4 Å². The molecule has 4 rings (SSSR count). The SMILES string of the molecule is COc1ccc(/C=N\Nc2nc(Nc3ccccc3)nc(Nc3ccccc3)n2)c(OC)c1OC. The molecule has 10 heteroatoms. The predicted molar refractivity (Wildman–Crippen MR) is 137 cm³/mol. The van der Waals surface area contributed by atoms with Crippen molar-refractivity contribution in [2.45, 2.75) is 0 Å². The van der Waals surface area contributed by atoms with E-state index in [0.29, 0.717) is 34.7 Å². The summed E-state index contributed by atoms with van der Waals surface area (Å²) in [5.74, 6) is 2.47. The summed E-state index contributed by atoms with van der Waals surface area (Å²) in [7, 11) is 4.67. The van der Waals surface area contributed by atoms with Gasteiger partial charge in [-0.1, -0.05) is 36.4 Å². The van der Waals surface area contributed by atoms with E-state index in [2.05, 4.69) is 36.1 Å². The van der Waals surface area contributed by atoms with Crippen LogP contribution in [0.5, 0.6) is 17.2 Å². The zero-order valence-electron chi connectivity index (χ0n) is 19.5. The molecule has 0 saturated carbocycles. The van der Waals surface area contributed by atoms with Gasteiger partial charge < -0.3 is 24.8 Å². The number of benzene rings is 3. The Labute approximate surface area is 203 Å². The fourth-order valence-electron chi connectivity index (χ4n) is 3.22. The quantitative estimate of drug-likeness (QED) is 0.221. The molecule has 0 spiro atoms. The smallest absolute Gasteiger partial charge is 0.250 e. The lowest BCUT2D eigenvalue weighted by molar-refractivity contribution is 0.324. The van der Waals surface area contributed by atoms with E-state index < -0.39 is 0 Å². The lowest BCUT2D eigenvalue weighted by atomic mass is 10.2. The molecule has 0 saturated heterocycles. The molecule has 0 aliphatic heterocycles. The number of methoxy groups -OCH3 is 3. The molecule has 3 N–H and O–H groups in total. The summed E-state index contributed by atoms with van der Waals surface area (Å²) in [6.07, 6.45) is 1.58. The first-order chi connectivity index (χ1) is 17.2. The van der Waals surface area contributed by atoms with Crippen molar-refractivity contribution < 1.29 is 14.2 Å². The topological polar surface area (TPSA) is 115 Å². The summed E-state index contributed by atoms with van der Waals surface area (Å²) >= 11 is 0. The number of hydrogen-bond donors (Lipinski definition) is 3. The van der Waals surface area contributed by atoms with Crippen LogP contribution in [0, 0.1) is 0 Å². The van der Waals surface area contributed by atoms with Gasteiger partial charge >= 0.3 is 0 Å². The van der Waals surface area contributed by atoms with Gasteiger partial charge in [-0.25, -0.2) is 5.43 Å². The van der Waals surface area contributed by atoms with Crippen LogP contribution in [0.1, 0.15) is 5.56 Å². The molecule has 0 bridgehead atoms. The standard InChI is InChI=1S/C25H25N7O3/c1-33-20-15-14-17(21(34-2)22(20)35-3)16-26-32-25-30-23(27-18-10-6-4-7-11-18)29-24(31-25)28-19-12-8-5-9-13-19/h4-16H,1-3H3,(H3,27,28,29,30,31,32)/b26-16-. The highest BCUT2D eigenvalue weighted by atomic mass is 16.5. The van der Waals surface area contributed by atoms with Crippen molar-refractivity contribution in [1.29, 1.82) is 0 Å². The van der Waals surface area contributed by atoms with E-state index in [1.165, 1.54) is 0 Å². The van der Waals surface area contributed by atoms with Gasteiger partial charge in [0.2, 0.25) is 23.6 Å². The molecule has 0 aliphatic rings. The monoisotopic (exact) mass is 471 g/mol. The second-order valence-electron chi connectivity index (χ2n) is 7.08. The van der Waals surface area contributed by atoms with E-state index >= 15 is 0 Å². The average Bonchev–Trinajstić information content (AvgIpc) is 2.89. The number of ether oxygens (including phenoxy) is 3. The molecule has 1 aromatic heterocycles. The van der Waals surface area contributed by atoms with Gasteiger partial charge in [0.15, 0.2) is 11.5 Å². The second-order valence-corrected chi connectivity index (χ2v) is 7.08. The van der Waals surface area contributed by atoms with Gasteiger partial charge in [0.25, 0.3) is 0 Å². The van der Waals surface area contributed by atoms with Crippen molar-refractivity contribution in [3.05, 3.63) is 78.4 Å². The minimum atomic E-state index is 0.243. The van der Waals surface area contributed by atoms with Crippen LogP contribution < -0.4 is 30.3 Å². The van der Waals surface area contributed by atoms with E-state index in [1.807, 2.05) is 66.7 Å². The van der Waals surface area contributed by atoms with Crippen molar-refractivity contribution in [3.8, 4) is 17.2 Å². The molecule has 3 aromatic carbocycles. The van der Waals surface area contributed by atoms with E-state index in [1.54, 1.807) is 33.6 Å². The van der Waals surface area contributed by atoms with Crippen LogP contribution in [0.3, 0.4) is 0 Å². The van der Waals surface area contributed by atoms with Crippen LogP contribution in [0.2, 0.25) is 0 Å². The van der Waals surface area contributed by atoms with Gasteiger partial charge in [-0.2, -0.15) is 20.1 Å². The highest BCUT2D eigenvalue weighted by Crippen LogP contribution is 2.39. The van der Waals surface area contributed by atoms with Gasteiger partial charge in [-0.15, -0.1) is 0 Å². The largest absolute Gasteiger partial charge is 0.493 e. The minimum absolute atomic E-state index is 0.243. The average molecular weight is 472 g/mol. The van der Waals surface area contributed by atoms with E-state index in [-0.39, 0.29) is 5.95 Å². The molecule has 1 heterocycles. The molecule has 0 aliphatic carbocycles. The fraction of sp³-hybridized carbons (Fsp3) is 0.120. The third-order valence-corrected chi connectivity index (χ3v) is 4.80. The van der Waals surface area contributed by atoms with Crippen molar-refractivity contribution in [2.75, 3.05) is 37.4 Å². The zero-order valence-corrected chi connectivity index (χ0v) is 19.5. The lowest BCUT2D eigenvalue weighted by Crippen LogP contribution is -2.07. The normalized spacial score (nSPS) is 10.6. The van der Waals surface area contributed by atoms with Crippen LogP contribution in [0.4, 0.5) is 29.2 Å². The summed E-state index contributed by atoms with van der Waals surface area (Å²) < 4.78 is 16.3. The Balaban J connectivity index is 1.60. The summed E-state index contributed by atoms with van der Waals surface area (Å²) in [4.78, 5) is 13.3. The van der Waals surface area contributed by atoms with Crippen LogP contribution in [0.25, 0.3) is 0 Å². The van der Waals surface area contributed by atoms with Gasteiger partial charge in [0.05, 0.1) is 27.5 Å². The van der Waals surface area contributed by atoms with Crippen molar-refractivity contribution in [2.24, 2.45) is 5.10 Å². The first kappa shape index (κ1) is 23.3. The first-order valence-corrected chi connectivity index (χ1v) is 10.7. The van der Waals surface area contributed by atoms with Crippen molar-refractivity contribution in [3.63, 3.8) is 0 Å². The van der Waals surface area contributed by atoms with Crippen LogP contribution in [0.15, 0.2) is 77.9 Å². The molecular formula is C25H25N7O3. The maximum absolute atomic E-state index is 5.50. The van der Waals surface area contributed by atoms with E-state index in [4.69, 9.17) is 14.2 Å². The molecule has 0 radical (unpaired) electrons. The van der Waals surface area contributed by atoms with Crippen molar-refractivity contribution >= 4 is 35.4 Å². The molecular weight excluding hydrogens is 446 g/mol. The number of aromatic nitrogens is 3. The summed E-state index contributed by atoms with van der Waals surface area (Å²) in [5.41, 5.74) is 5.22. The number of anilines is 5. The van der Waals surface area contributed by atoms with Gasteiger partial charge in [-0.3, -0.25) is 0 Å². The molecule has 0 amide bonds. The molecule has 0 atom stereocenters. The number of para-hydroxylation sites is 2. The van der Waals surface area contributed by atoms with Crippen LogP contribution in [-0.4, -0.2) is 42.5 Å². The van der Waals surface area contributed by atoms with Gasteiger partial charge in [-0.05, 0) is 36.4 Å². The fourth-order valence-corrected chi connectivity index (χ4v) is 3.22. The number of nitrogens with one attached hydrogen (secondary N) is 3. The Bertz CT molecular complexity index is 1230. The highest BCUT2D eigenvalue weighted by molar-refractivity contribution is 5.86. The second kappa shape index (κ2) is 11.3. The van der Waals surface area contributed by atoms with E-state index in [9.17, 15) is 0 Å². The predicted octanol–water partition coefficient (Wildman–Crippen LogP) is 4.83. The first-order valence-electron chi connectivity index (χ1n) is 10.7. The Morgan fingerprint density at radius 3 is 1.69 bits per heavy atom. The summed E-state index contributed by atoms with van der Waals surface area (Å²) in [5, 5.41) is 10.6. The number of hydrogen-bond acceptors (Lipinski definition) is 10. The Kier molecular flexibility index (Phi) is 7.54. The molecule has 4 aromatic rings. The summed E-state index contributed by atoms with van der Waals surface area (Å²) in [6, 6.07) is 22.8. The third-order valence-electron chi connectivity index (χ3n) is 4.80. The number of hydrazone groups is 1. The lowest BCUT2D eigenvalue weighted by Gasteiger charge is -2.13.